The van der Waals surface area contributed by atoms with Crippen LogP contribution in [0.5, 0.6) is 0 Å². The van der Waals surface area contributed by atoms with Gasteiger partial charge in [-0.15, -0.1) is 0 Å². The summed E-state index contributed by atoms with van der Waals surface area (Å²) in [6.45, 7) is 3.88. The molecule has 2 aliphatic carbocycles. The van der Waals surface area contributed by atoms with Gasteiger partial charge in [0.15, 0.2) is 0 Å². The first-order valence-electron chi connectivity index (χ1n) is 9.92. The minimum Gasteiger partial charge on any atom is -0.550 e. The number of carbonyl (C=O) groups excluding carboxylic acids is 2. The summed E-state index contributed by atoms with van der Waals surface area (Å²) >= 11 is 0. The fourth-order valence-electron chi connectivity index (χ4n) is 4.46. The van der Waals surface area contributed by atoms with Crippen LogP contribution in [0.15, 0.2) is 0 Å². The summed E-state index contributed by atoms with van der Waals surface area (Å²) in [6, 6.07) is 0. The van der Waals surface area contributed by atoms with E-state index in [0.29, 0.717) is 11.8 Å². The Kier molecular flexibility index (Phi) is 13.3. The molecule has 25 heavy (non-hydrogen) atoms. The fourth-order valence-corrected chi connectivity index (χ4v) is 4.46. The maximum atomic E-state index is 10.7. The van der Waals surface area contributed by atoms with Gasteiger partial charge in [-0.1, -0.05) is 52.4 Å². The molecule has 2 unspecified atom stereocenters. The van der Waals surface area contributed by atoms with Crippen LogP contribution in [0.1, 0.15) is 90.9 Å². The Bertz CT molecular complexity index is 338. The van der Waals surface area contributed by atoms with Gasteiger partial charge in [0.25, 0.3) is 0 Å². The number of aliphatic carboxylic acids is 2. The second kappa shape index (κ2) is 13.6. The van der Waals surface area contributed by atoms with Gasteiger partial charge >= 0.3 is 16.8 Å². The first-order chi connectivity index (χ1) is 11.5. The zero-order valence-corrected chi connectivity index (χ0v) is 16.8. The summed E-state index contributed by atoms with van der Waals surface area (Å²) in [5.41, 5.74) is 0. The molecule has 2 aliphatic rings. The van der Waals surface area contributed by atoms with Crippen molar-refractivity contribution in [2.24, 2.45) is 23.7 Å². The van der Waals surface area contributed by atoms with Crippen LogP contribution in [0.2, 0.25) is 0 Å². The van der Waals surface area contributed by atoms with Crippen molar-refractivity contribution in [2.45, 2.75) is 90.9 Å². The van der Waals surface area contributed by atoms with Crippen molar-refractivity contribution in [3.8, 4) is 0 Å². The van der Waals surface area contributed by atoms with E-state index in [1.807, 2.05) is 13.8 Å². The van der Waals surface area contributed by atoms with E-state index in [1.54, 1.807) is 0 Å². The molecule has 0 aromatic heterocycles. The molecule has 4 nitrogen and oxygen atoms in total. The zero-order chi connectivity index (χ0) is 17.9. The molecular formula is C20H34CoO4. The Balaban J connectivity index is 0.000000443. The maximum absolute atomic E-state index is 10.7. The van der Waals surface area contributed by atoms with Gasteiger partial charge in [-0.05, 0) is 50.4 Å². The number of rotatable bonds is 6. The number of hydrogen-bond acceptors (Lipinski definition) is 4. The molecule has 2 saturated carbocycles. The monoisotopic (exact) mass is 397 g/mol. The van der Waals surface area contributed by atoms with Gasteiger partial charge in [0.1, 0.15) is 0 Å². The van der Waals surface area contributed by atoms with Crippen LogP contribution in [0.4, 0.5) is 0 Å². The summed E-state index contributed by atoms with van der Waals surface area (Å²) in [7, 11) is 0. The molecule has 2 atom stereocenters. The van der Waals surface area contributed by atoms with Gasteiger partial charge in [0.2, 0.25) is 0 Å². The third-order valence-electron chi connectivity index (χ3n) is 5.92. The molecule has 0 aliphatic heterocycles. The van der Waals surface area contributed by atoms with E-state index in [4.69, 9.17) is 0 Å². The normalized spacial score (nSPS) is 21.2. The van der Waals surface area contributed by atoms with Gasteiger partial charge in [-0.25, -0.2) is 0 Å². The summed E-state index contributed by atoms with van der Waals surface area (Å²) < 4.78 is 0. The third-order valence-corrected chi connectivity index (χ3v) is 5.92. The number of hydrogen-bond donors (Lipinski definition) is 0. The van der Waals surface area contributed by atoms with Gasteiger partial charge in [0, 0.05) is 23.8 Å². The molecule has 0 spiro atoms. The van der Waals surface area contributed by atoms with Crippen LogP contribution in [-0.4, -0.2) is 11.9 Å². The van der Waals surface area contributed by atoms with Crippen LogP contribution < -0.4 is 10.2 Å². The van der Waals surface area contributed by atoms with Crippen molar-refractivity contribution < 1.29 is 36.6 Å². The summed E-state index contributed by atoms with van der Waals surface area (Å²) in [4.78, 5) is 21.4. The second-order valence-electron chi connectivity index (χ2n) is 7.46. The minimum absolute atomic E-state index is 0. The third kappa shape index (κ3) is 8.58. The topological polar surface area (TPSA) is 80.3 Å². The second-order valence-corrected chi connectivity index (χ2v) is 7.46. The van der Waals surface area contributed by atoms with Crippen LogP contribution in [0.3, 0.4) is 0 Å². The smallest absolute Gasteiger partial charge is 0.550 e. The van der Waals surface area contributed by atoms with Crippen LogP contribution in [0.25, 0.3) is 0 Å². The van der Waals surface area contributed by atoms with E-state index in [-0.39, 0.29) is 28.6 Å². The van der Waals surface area contributed by atoms with Crippen molar-refractivity contribution in [1.82, 2.24) is 0 Å². The van der Waals surface area contributed by atoms with E-state index < -0.39 is 11.9 Å². The first-order valence-corrected chi connectivity index (χ1v) is 9.92. The Morgan fingerprint density at radius 2 is 1.00 bits per heavy atom. The molecule has 0 N–H and O–H groups in total. The molecule has 0 heterocycles. The van der Waals surface area contributed by atoms with Gasteiger partial charge < -0.3 is 19.8 Å². The Morgan fingerprint density at radius 3 is 1.20 bits per heavy atom. The van der Waals surface area contributed by atoms with Gasteiger partial charge in [-0.2, -0.15) is 0 Å². The fraction of sp³-hybridized carbons (Fsp3) is 0.900. The summed E-state index contributed by atoms with van der Waals surface area (Å²) in [5, 5.41) is 21.4. The molecule has 2 fully saturated rings. The maximum Gasteiger partial charge on any atom is 2.00 e. The van der Waals surface area contributed by atoms with Crippen LogP contribution in [-0.2, 0) is 26.4 Å². The largest absolute Gasteiger partial charge is 2.00 e. The molecule has 1 radical (unpaired) electrons. The van der Waals surface area contributed by atoms with E-state index in [1.165, 1.54) is 38.5 Å². The van der Waals surface area contributed by atoms with Crippen LogP contribution >= 0.6 is 0 Å². The van der Waals surface area contributed by atoms with E-state index in [2.05, 4.69) is 0 Å². The molecule has 0 amide bonds. The van der Waals surface area contributed by atoms with Crippen molar-refractivity contribution >= 4 is 11.9 Å². The van der Waals surface area contributed by atoms with E-state index in [9.17, 15) is 19.8 Å². The predicted molar refractivity (Wildman–Crippen MR) is 90.7 cm³/mol. The molecule has 0 aromatic rings. The van der Waals surface area contributed by atoms with Gasteiger partial charge in [0.05, 0.1) is 0 Å². The molecule has 2 rings (SSSR count). The predicted octanol–water partition coefficient (Wildman–Crippen LogP) is 2.68. The minimum atomic E-state index is -0.843. The molecule has 5 heteroatoms. The van der Waals surface area contributed by atoms with Crippen molar-refractivity contribution in [3.63, 3.8) is 0 Å². The summed E-state index contributed by atoms with van der Waals surface area (Å²) in [6.07, 6.45) is 13.2. The summed E-state index contributed by atoms with van der Waals surface area (Å²) in [5.74, 6) is -1.27. The molecule has 147 valence electrons. The Labute approximate surface area is 163 Å². The van der Waals surface area contributed by atoms with Crippen molar-refractivity contribution in [3.05, 3.63) is 0 Å². The Morgan fingerprint density at radius 1 is 0.720 bits per heavy atom. The first kappa shape index (κ1) is 24.4. The average molecular weight is 397 g/mol. The number of carbonyl (C=O) groups is 2. The molecule has 0 saturated heterocycles. The van der Waals surface area contributed by atoms with Crippen LogP contribution in [0, 0.1) is 23.7 Å². The molecule has 0 aromatic carbocycles. The van der Waals surface area contributed by atoms with Crippen molar-refractivity contribution in [2.75, 3.05) is 0 Å². The average Bonchev–Trinajstić information content (AvgIpc) is 2.58. The quantitative estimate of drug-likeness (QED) is 0.690. The number of carboxylic acids is 2. The standard InChI is InChI=1S/2C10H18O2.Co/c2*1-2-9(10(11)12)8-6-4-3-5-7-8;/h2*8-9H,2-7H2,1H3,(H,11,12);/q;;+2/p-2. The van der Waals surface area contributed by atoms with Gasteiger partial charge in [-0.3, -0.25) is 0 Å². The molecule has 0 bridgehead atoms. The molecular weight excluding hydrogens is 363 g/mol. The SMILES string of the molecule is CCC(C(=O)[O-])C1CCCCC1.CCC(C(=O)[O-])C1CCCCC1.[Co+2]. The number of carboxylic acid groups (broad SMARTS) is 2. The zero-order valence-electron chi connectivity index (χ0n) is 15.8. The van der Waals surface area contributed by atoms with E-state index >= 15 is 0 Å². The van der Waals surface area contributed by atoms with E-state index in [0.717, 1.165) is 38.5 Å². The van der Waals surface area contributed by atoms with Crippen molar-refractivity contribution in [1.29, 1.82) is 0 Å². The Hall–Kier alpha value is -0.554.